The van der Waals surface area contributed by atoms with E-state index in [4.69, 9.17) is 9.26 Å². The third-order valence-corrected chi connectivity index (χ3v) is 6.84. The number of aromatic nitrogens is 2. The van der Waals surface area contributed by atoms with Crippen LogP contribution in [0, 0.1) is 6.92 Å². The number of amides is 1. The van der Waals surface area contributed by atoms with Crippen molar-refractivity contribution in [2.45, 2.75) is 38.7 Å². The first kappa shape index (κ1) is 23.2. The molecule has 182 valence electrons. The molecule has 2 aliphatic heterocycles. The second-order valence-corrected chi connectivity index (χ2v) is 9.57. The normalized spacial score (nSPS) is 20.4. The zero-order chi connectivity index (χ0) is 24.4. The number of carbonyl (C=O) groups is 2. The van der Waals surface area contributed by atoms with Gasteiger partial charge < -0.3 is 14.2 Å². The number of nitrogens with zero attached hydrogens (tertiary/aromatic N) is 4. The molecule has 5 rings (SSSR count). The van der Waals surface area contributed by atoms with Crippen molar-refractivity contribution >= 4 is 11.9 Å². The largest absolute Gasteiger partial charge is 0.445 e. The zero-order valence-corrected chi connectivity index (χ0v) is 20.2. The van der Waals surface area contributed by atoms with Crippen molar-refractivity contribution in [1.82, 2.24) is 19.9 Å². The molecule has 0 spiro atoms. The van der Waals surface area contributed by atoms with Gasteiger partial charge in [0.25, 0.3) is 5.91 Å². The quantitative estimate of drug-likeness (QED) is 0.507. The van der Waals surface area contributed by atoms with Gasteiger partial charge in [-0.1, -0.05) is 53.2 Å². The minimum absolute atomic E-state index is 0.116. The molecule has 8 nitrogen and oxygen atoms in total. The van der Waals surface area contributed by atoms with Gasteiger partial charge in [0.05, 0.1) is 5.56 Å². The van der Waals surface area contributed by atoms with Crippen LogP contribution in [0.2, 0.25) is 0 Å². The Hall–Kier alpha value is -3.52. The van der Waals surface area contributed by atoms with E-state index in [0.717, 1.165) is 37.2 Å². The first-order valence-corrected chi connectivity index (χ1v) is 12.1. The number of rotatable bonds is 6. The maximum Gasteiger partial charge on any atom is 0.339 e. The van der Waals surface area contributed by atoms with Crippen molar-refractivity contribution in [3.63, 3.8) is 0 Å². The van der Waals surface area contributed by atoms with Crippen molar-refractivity contribution in [2.24, 2.45) is 0 Å². The van der Waals surface area contributed by atoms with Gasteiger partial charge in [-0.15, -0.1) is 0 Å². The Labute approximate surface area is 204 Å². The summed E-state index contributed by atoms with van der Waals surface area (Å²) in [4.78, 5) is 34.4. The number of fused-ring (bicyclic) bond motifs is 1. The van der Waals surface area contributed by atoms with E-state index in [-0.39, 0.29) is 5.91 Å². The van der Waals surface area contributed by atoms with Gasteiger partial charge in [-0.2, -0.15) is 4.98 Å². The SMILES string of the molecule is Cc1ccc(-c2noc(CCCN3CCN(C(=O)C4(C)Cc5ccccc5C(=O)O4)CC3)n2)cc1. The molecular weight excluding hydrogens is 444 g/mol. The standard InChI is InChI=1S/C27H30N4O4/c1-19-9-11-20(12-10-19)24-28-23(35-29-24)8-5-13-30-14-16-31(17-15-30)26(33)27(2)18-21-6-3-4-7-22(21)25(32)34-27/h3-4,6-7,9-12H,5,8,13-18H2,1-2H3. The van der Waals surface area contributed by atoms with Gasteiger partial charge in [-0.05, 0) is 38.4 Å². The third kappa shape index (κ3) is 4.98. The Morgan fingerprint density at radius 2 is 1.80 bits per heavy atom. The summed E-state index contributed by atoms with van der Waals surface area (Å²) in [5.74, 6) is 0.718. The van der Waals surface area contributed by atoms with Gasteiger partial charge >= 0.3 is 5.97 Å². The molecule has 1 aromatic heterocycles. The van der Waals surface area contributed by atoms with E-state index in [0.29, 0.717) is 43.2 Å². The fourth-order valence-electron chi connectivity index (χ4n) is 4.79. The first-order chi connectivity index (χ1) is 16.9. The molecule has 2 aliphatic rings. The second-order valence-electron chi connectivity index (χ2n) is 9.57. The number of ether oxygens (including phenoxy) is 1. The monoisotopic (exact) mass is 474 g/mol. The number of hydrogen-bond acceptors (Lipinski definition) is 7. The number of hydrogen-bond donors (Lipinski definition) is 0. The van der Waals surface area contributed by atoms with Gasteiger partial charge in [0, 0.05) is 44.6 Å². The van der Waals surface area contributed by atoms with Gasteiger partial charge in [-0.25, -0.2) is 4.79 Å². The molecule has 3 aromatic rings. The van der Waals surface area contributed by atoms with E-state index < -0.39 is 11.6 Å². The zero-order valence-electron chi connectivity index (χ0n) is 20.2. The number of esters is 1. The minimum atomic E-state index is -1.15. The molecule has 2 aromatic carbocycles. The summed E-state index contributed by atoms with van der Waals surface area (Å²) in [6.45, 7) is 7.47. The smallest absolute Gasteiger partial charge is 0.339 e. The summed E-state index contributed by atoms with van der Waals surface area (Å²) in [6.07, 6.45) is 2.02. The van der Waals surface area contributed by atoms with Crippen LogP contribution >= 0.6 is 0 Å². The lowest BCUT2D eigenvalue weighted by Crippen LogP contribution is -2.58. The maximum atomic E-state index is 13.3. The molecule has 35 heavy (non-hydrogen) atoms. The number of cyclic esters (lactones) is 1. The van der Waals surface area contributed by atoms with Crippen LogP contribution in [0.25, 0.3) is 11.4 Å². The molecule has 1 amide bonds. The Kier molecular flexibility index (Phi) is 6.38. The Morgan fingerprint density at radius 3 is 2.57 bits per heavy atom. The molecule has 0 radical (unpaired) electrons. The summed E-state index contributed by atoms with van der Waals surface area (Å²) in [6, 6.07) is 15.4. The highest BCUT2D eigenvalue weighted by Crippen LogP contribution is 2.30. The average Bonchev–Trinajstić information content (AvgIpc) is 3.33. The van der Waals surface area contributed by atoms with Crippen molar-refractivity contribution in [1.29, 1.82) is 0 Å². The van der Waals surface area contributed by atoms with Gasteiger partial charge in [-0.3, -0.25) is 9.69 Å². The predicted octanol–water partition coefficient (Wildman–Crippen LogP) is 3.29. The van der Waals surface area contributed by atoms with E-state index in [1.54, 1.807) is 13.0 Å². The molecule has 0 bridgehead atoms. The molecule has 0 N–H and O–H groups in total. The first-order valence-electron chi connectivity index (χ1n) is 12.1. The van der Waals surface area contributed by atoms with Crippen LogP contribution in [-0.2, 0) is 22.4 Å². The second kappa shape index (κ2) is 9.62. The molecule has 3 heterocycles. The third-order valence-electron chi connectivity index (χ3n) is 6.84. The molecule has 1 saturated heterocycles. The fraction of sp³-hybridized carbons (Fsp3) is 0.407. The predicted molar refractivity (Wildman–Crippen MR) is 130 cm³/mol. The van der Waals surface area contributed by atoms with Gasteiger partial charge in [0.2, 0.25) is 11.7 Å². The van der Waals surface area contributed by atoms with Crippen molar-refractivity contribution in [3.8, 4) is 11.4 Å². The molecule has 0 saturated carbocycles. The molecule has 8 heteroatoms. The van der Waals surface area contributed by atoms with E-state index in [2.05, 4.69) is 15.0 Å². The van der Waals surface area contributed by atoms with E-state index in [1.807, 2.05) is 54.3 Å². The van der Waals surface area contributed by atoms with Gasteiger partial charge in [0.15, 0.2) is 5.60 Å². The van der Waals surface area contributed by atoms with Gasteiger partial charge in [0.1, 0.15) is 0 Å². The number of aryl methyl sites for hydroxylation is 2. The van der Waals surface area contributed by atoms with Crippen molar-refractivity contribution < 1.29 is 18.8 Å². The fourth-order valence-corrected chi connectivity index (χ4v) is 4.79. The summed E-state index contributed by atoms with van der Waals surface area (Å²) >= 11 is 0. The van der Waals surface area contributed by atoms with Crippen LogP contribution in [0.4, 0.5) is 0 Å². The number of benzene rings is 2. The van der Waals surface area contributed by atoms with Crippen LogP contribution < -0.4 is 0 Å². The summed E-state index contributed by atoms with van der Waals surface area (Å²) in [7, 11) is 0. The highest BCUT2D eigenvalue weighted by atomic mass is 16.6. The number of carbonyl (C=O) groups excluding carboxylic acids is 2. The lowest BCUT2D eigenvalue weighted by molar-refractivity contribution is -0.152. The Bertz CT molecular complexity index is 1210. The summed E-state index contributed by atoms with van der Waals surface area (Å²) in [5.41, 5.74) is 2.41. The Balaban J connectivity index is 1.09. The topological polar surface area (TPSA) is 88.8 Å². The summed E-state index contributed by atoms with van der Waals surface area (Å²) in [5, 5.41) is 4.10. The molecule has 1 fully saturated rings. The minimum Gasteiger partial charge on any atom is -0.445 e. The molecular formula is C27H30N4O4. The number of piperazine rings is 1. The van der Waals surface area contributed by atoms with Crippen LogP contribution in [0.3, 0.4) is 0 Å². The molecule has 1 unspecified atom stereocenters. The highest BCUT2D eigenvalue weighted by molar-refractivity contribution is 5.97. The van der Waals surface area contributed by atoms with E-state index in [1.165, 1.54) is 5.56 Å². The van der Waals surface area contributed by atoms with Crippen LogP contribution in [0.5, 0.6) is 0 Å². The van der Waals surface area contributed by atoms with Crippen molar-refractivity contribution in [3.05, 3.63) is 71.1 Å². The highest BCUT2D eigenvalue weighted by Gasteiger charge is 2.45. The van der Waals surface area contributed by atoms with Crippen molar-refractivity contribution in [2.75, 3.05) is 32.7 Å². The summed E-state index contributed by atoms with van der Waals surface area (Å²) < 4.78 is 11.1. The van der Waals surface area contributed by atoms with Crippen LogP contribution in [0.15, 0.2) is 53.1 Å². The Morgan fingerprint density at radius 1 is 1.06 bits per heavy atom. The van der Waals surface area contributed by atoms with Crippen LogP contribution in [0.1, 0.15) is 40.7 Å². The lowest BCUT2D eigenvalue weighted by atomic mass is 9.88. The van der Waals surface area contributed by atoms with Crippen LogP contribution in [-0.4, -0.2) is 70.1 Å². The maximum absolute atomic E-state index is 13.3. The molecule has 1 atom stereocenters. The molecule has 0 aliphatic carbocycles. The lowest BCUT2D eigenvalue weighted by Gasteiger charge is -2.40. The van der Waals surface area contributed by atoms with E-state index in [9.17, 15) is 9.59 Å². The van der Waals surface area contributed by atoms with E-state index >= 15 is 0 Å². The average molecular weight is 475 g/mol.